The summed E-state index contributed by atoms with van der Waals surface area (Å²) in [5.41, 5.74) is 0. The van der Waals surface area contributed by atoms with E-state index in [1.165, 1.54) is 0 Å². The first-order valence-corrected chi connectivity index (χ1v) is 7.19. The Morgan fingerprint density at radius 1 is 1.00 bits per heavy atom. The highest BCUT2D eigenvalue weighted by atomic mass is 16.1. The number of unbranched alkanes of at least 4 members (excludes halogenated alkanes) is 2. The van der Waals surface area contributed by atoms with Crippen LogP contribution in [-0.4, -0.2) is 31.3 Å². The van der Waals surface area contributed by atoms with Gasteiger partial charge in [0.1, 0.15) is 5.78 Å². The van der Waals surface area contributed by atoms with Gasteiger partial charge in [-0.3, -0.25) is 9.59 Å². The van der Waals surface area contributed by atoms with Gasteiger partial charge >= 0.3 is 0 Å². The molecule has 0 atom stereocenters. The number of carbonyl (C=O) groups is 2. The average Bonchev–Trinajstić information content (AvgIpc) is 2.42. The van der Waals surface area contributed by atoms with Crippen LogP contribution in [0.5, 0.6) is 0 Å². The molecule has 0 heterocycles. The van der Waals surface area contributed by atoms with Crippen LogP contribution in [0, 0.1) is 0 Å². The summed E-state index contributed by atoms with van der Waals surface area (Å²) in [6, 6.07) is 0. The van der Waals surface area contributed by atoms with E-state index in [0.717, 1.165) is 25.8 Å². The Morgan fingerprint density at radius 3 is 2.22 bits per heavy atom. The molecule has 0 fully saturated rings. The summed E-state index contributed by atoms with van der Waals surface area (Å²) in [6.45, 7) is 9.78. The molecule has 1 amide bonds. The molecule has 0 spiro atoms. The van der Waals surface area contributed by atoms with E-state index >= 15 is 0 Å². The molecular formula is C14H30N2O2. The monoisotopic (exact) mass is 258 g/mol. The lowest BCUT2D eigenvalue weighted by atomic mass is 10.1. The van der Waals surface area contributed by atoms with Crippen LogP contribution in [0.2, 0.25) is 0 Å². The quantitative estimate of drug-likeness (QED) is 0.591. The Bertz CT molecular complexity index is 206. The summed E-state index contributed by atoms with van der Waals surface area (Å²) >= 11 is 0. The third-order valence-corrected chi connectivity index (χ3v) is 2.38. The predicted octanol–water partition coefficient (Wildman–Crippen LogP) is 2.28. The normalized spacial score (nSPS) is 9.33. The number of likely N-dealkylation sites (N-methyl/N-ethyl adjacent to an activating group) is 1. The van der Waals surface area contributed by atoms with Gasteiger partial charge in [0.2, 0.25) is 5.91 Å². The molecule has 0 unspecified atom stereocenters. The zero-order chi connectivity index (χ0) is 14.2. The first kappa shape index (κ1) is 19.4. The molecule has 0 aliphatic carbocycles. The van der Waals surface area contributed by atoms with Gasteiger partial charge in [0.05, 0.1) is 6.54 Å². The van der Waals surface area contributed by atoms with Crippen molar-refractivity contribution in [1.29, 1.82) is 0 Å². The molecule has 4 heteroatoms. The van der Waals surface area contributed by atoms with Gasteiger partial charge in [0.25, 0.3) is 0 Å². The van der Waals surface area contributed by atoms with E-state index in [0.29, 0.717) is 31.7 Å². The van der Waals surface area contributed by atoms with E-state index in [2.05, 4.69) is 10.6 Å². The number of Topliss-reactive ketones (excluding diaryl/α,β-unsaturated/α-hetero) is 1. The molecule has 0 bridgehead atoms. The second-order valence-corrected chi connectivity index (χ2v) is 3.83. The summed E-state index contributed by atoms with van der Waals surface area (Å²) in [4.78, 5) is 22.2. The summed E-state index contributed by atoms with van der Waals surface area (Å²) in [6.07, 6.45) is 4.22. The van der Waals surface area contributed by atoms with E-state index < -0.39 is 0 Å². The fraction of sp³-hybridized carbons (Fsp3) is 0.857. The van der Waals surface area contributed by atoms with Crippen molar-refractivity contribution in [2.45, 2.75) is 59.8 Å². The maximum absolute atomic E-state index is 11.2. The van der Waals surface area contributed by atoms with Crippen LogP contribution >= 0.6 is 0 Å². The SMILES string of the molecule is CC.CCNCC(=O)NCCCCCC(=O)CC. The summed E-state index contributed by atoms with van der Waals surface area (Å²) < 4.78 is 0. The second-order valence-electron chi connectivity index (χ2n) is 3.83. The highest BCUT2D eigenvalue weighted by molar-refractivity contribution is 5.78. The summed E-state index contributed by atoms with van der Waals surface area (Å²) in [5.74, 6) is 0.377. The van der Waals surface area contributed by atoms with Crippen molar-refractivity contribution in [1.82, 2.24) is 10.6 Å². The van der Waals surface area contributed by atoms with Crippen molar-refractivity contribution >= 4 is 11.7 Å². The van der Waals surface area contributed by atoms with Crippen molar-refractivity contribution in [3.63, 3.8) is 0 Å². The molecule has 108 valence electrons. The fourth-order valence-corrected chi connectivity index (χ4v) is 1.33. The predicted molar refractivity (Wildman–Crippen MR) is 76.7 cm³/mol. The molecule has 4 nitrogen and oxygen atoms in total. The van der Waals surface area contributed by atoms with Gasteiger partial charge in [-0.15, -0.1) is 0 Å². The van der Waals surface area contributed by atoms with Crippen LogP contribution in [0.25, 0.3) is 0 Å². The van der Waals surface area contributed by atoms with Crippen molar-refractivity contribution in [3.8, 4) is 0 Å². The standard InChI is InChI=1S/C12H24N2O2.C2H6/c1-3-11(15)8-6-5-7-9-14-12(16)10-13-4-2;1-2/h13H,3-10H2,1-2H3,(H,14,16);1-2H3. The van der Waals surface area contributed by atoms with E-state index in [4.69, 9.17) is 0 Å². The van der Waals surface area contributed by atoms with Gasteiger partial charge in [0, 0.05) is 19.4 Å². The maximum Gasteiger partial charge on any atom is 0.233 e. The van der Waals surface area contributed by atoms with Crippen LogP contribution in [0.4, 0.5) is 0 Å². The van der Waals surface area contributed by atoms with Crippen molar-refractivity contribution in [2.24, 2.45) is 0 Å². The summed E-state index contributed by atoms with van der Waals surface area (Å²) in [7, 11) is 0. The lowest BCUT2D eigenvalue weighted by molar-refractivity contribution is -0.120. The lowest BCUT2D eigenvalue weighted by Crippen LogP contribution is -2.34. The van der Waals surface area contributed by atoms with Gasteiger partial charge in [-0.1, -0.05) is 34.1 Å². The zero-order valence-electron chi connectivity index (χ0n) is 12.5. The number of hydrogen-bond donors (Lipinski definition) is 2. The number of nitrogens with one attached hydrogen (secondary N) is 2. The number of amides is 1. The molecule has 0 rings (SSSR count). The van der Waals surface area contributed by atoms with Crippen LogP contribution in [0.3, 0.4) is 0 Å². The van der Waals surface area contributed by atoms with Crippen LogP contribution in [-0.2, 0) is 9.59 Å². The van der Waals surface area contributed by atoms with Crippen molar-refractivity contribution in [2.75, 3.05) is 19.6 Å². The van der Waals surface area contributed by atoms with E-state index in [1.54, 1.807) is 0 Å². The molecule has 0 radical (unpaired) electrons. The first-order chi connectivity index (χ1) is 8.70. The largest absolute Gasteiger partial charge is 0.355 e. The first-order valence-electron chi connectivity index (χ1n) is 7.19. The zero-order valence-corrected chi connectivity index (χ0v) is 12.5. The van der Waals surface area contributed by atoms with E-state index in [1.807, 2.05) is 27.7 Å². The number of hydrogen-bond acceptors (Lipinski definition) is 3. The topological polar surface area (TPSA) is 58.2 Å². The Balaban J connectivity index is 0. The molecule has 0 aliphatic rings. The Morgan fingerprint density at radius 2 is 1.67 bits per heavy atom. The van der Waals surface area contributed by atoms with Crippen LogP contribution < -0.4 is 10.6 Å². The Labute approximate surface area is 112 Å². The molecule has 0 aromatic rings. The number of ketones is 1. The van der Waals surface area contributed by atoms with Crippen LogP contribution in [0.1, 0.15) is 59.8 Å². The summed E-state index contributed by atoms with van der Waals surface area (Å²) in [5, 5.41) is 5.80. The second kappa shape index (κ2) is 16.1. The molecular weight excluding hydrogens is 228 g/mol. The Kier molecular flexibility index (Phi) is 17.4. The van der Waals surface area contributed by atoms with E-state index in [-0.39, 0.29) is 5.91 Å². The van der Waals surface area contributed by atoms with E-state index in [9.17, 15) is 9.59 Å². The minimum Gasteiger partial charge on any atom is -0.355 e. The average molecular weight is 258 g/mol. The lowest BCUT2D eigenvalue weighted by Gasteiger charge is -2.05. The minimum absolute atomic E-state index is 0.0477. The smallest absolute Gasteiger partial charge is 0.233 e. The molecule has 18 heavy (non-hydrogen) atoms. The van der Waals surface area contributed by atoms with Crippen molar-refractivity contribution < 1.29 is 9.59 Å². The van der Waals surface area contributed by atoms with Gasteiger partial charge in [-0.05, 0) is 19.4 Å². The molecule has 0 saturated carbocycles. The third-order valence-electron chi connectivity index (χ3n) is 2.38. The maximum atomic E-state index is 11.2. The number of carbonyl (C=O) groups excluding carboxylic acids is 2. The molecule has 0 saturated heterocycles. The van der Waals surface area contributed by atoms with Crippen LogP contribution in [0.15, 0.2) is 0 Å². The number of rotatable bonds is 10. The van der Waals surface area contributed by atoms with Gasteiger partial charge in [0.15, 0.2) is 0 Å². The Hall–Kier alpha value is -0.900. The molecule has 2 N–H and O–H groups in total. The fourth-order valence-electron chi connectivity index (χ4n) is 1.33. The highest BCUT2D eigenvalue weighted by Gasteiger charge is 1.99. The molecule has 0 aliphatic heterocycles. The molecule has 0 aromatic carbocycles. The van der Waals surface area contributed by atoms with Gasteiger partial charge in [-0.25, -0.2) is 0 Å². The minimum atomic E-state index is 0.0477. The van der Waals surface area contributed by atoms with Gasteiger partial charge in [-0.2, -0.15) is 0 Å². The highest BCUT2D eigenvalue weighted by Crippen LogP contribution is 2.01. The van der Waals surface area contributed by atoms with Crippen molar-refractivity contribution in [3.05, 3.63) is 0 Å². The van der Waals surface area contributed by atoms with Gasteiger partial charge < -0.3 is 10.6 Å². The third kappa shape index (κ3) is 15.1. The molecule has 0 aromatic heterocycles.